The first-order chi connectivity index (χ1) is 14.4. The van der Waals surface area contributed by atoms with Crippen molar-refractivity contribution >= 4 is 28.4 Å². The fourth-order valence-corrected chi connectivity index (χ4v) is 3.88. The smallest absolute Gasteiger partial charge is 0.408 e. The Bertz CT molecular complexity index is 1110. The molecule has 1 aliphatic heterocycles. The number of nitrogens with one attached hydrogen (secondary N) is 1. The van der Waals surface area contributed by atoms with Crippen LogP contribution in [0.4, 0.5) is 15.8 Å². The van der Waals surface area contributed by atoms with Gasteiger partial charge in [0, 0.05) is 31.7 Å². The maximum atomic E-state index is 14.7. The lowest BCUT2D eigenvalue weighted by atomic mass is 10.2. The van der Waals surface area contributed by atoms with Crippen molar-refractivity contribution in [1.29, 1.82) is 0 Å². The number of ether oxygens (including phenoxy) is 1. The van der Waals surface area contributed by atoms with Crippen LogP contribution in [0.15, 0.2) is 51.7 Å². The lowest BCUT2D eigenvalue weighted by Gasteiger charge is -2.37. The van der Waals surface area contributed by atoms with Crippen molar-refractivity contribution < 1.29 is 18.3 Å². The number of hydrogen-bond acceptors (Lipinski definition) is 5. The fraction of sp³-hybridized carbons (Fsp3) is 0.364. The molecule has 2 heterocycles. The number of para-hydroxylation sites is 2. The molecule has 1 aromatic heterocycles. The molecule has 0 bridgehead atoms. The number of fused-ring (bicyclic) bond motifs is 1. The largest absolute Gasteiger partial charge is 0.419 e. The first-order valence-electron chi connectivity index (χ1n) is 9.99. The Morgan fingerprint density at radius 3 is 2.63 bits per heavy atom. The highest BCUT2D eigenvalue weighted by Crippen LogP contribution is 2.26. The minimum absolute atomic E-state index is 0.0231. The van der Waals surface area contributed by atoms with E-state index in [2.05, 4.69) is 5.32 Å². The zero-order chi connectivity index (χ0) is 21.3. The van der Waals surface area contributed by atoms with Gasteiger partial charge in [0.25, 0.3) is 0 Å². The van der Waals surface area contributed by atoms with Crippen LogP contribution in [0.2, 0.25) is 0 Å². The first-order valence-corrected chi connectivity index (χ1v) is 9.99. The zero-order valence-corrected chi connectivity index (χ0v) is 16.9. The van der Waals surface area contributed by atoms with Gasteiger partial charge in [0.15, 0.2) is 5.58 Å². The molecule has 8 heteroatoms. The molecule has 1 N–H and O–H groups in total. The Kier molecular flexibility index (Phi) is 5.59. The number of amides is 1. The van der Waals surface area contributed by atoms with Crippen molar-refractivity contribution in [3.63, 3.8) is 0 Å². The van der Waals surface area contributed by atoms with Gasteiger partial charge in [0.05, 0.1) is 23.4 Å². The van der Waals surface area contributed by atoms with Crippen LogP contribution >= 0.6 is 0 Å². The molecule has 4 rings (SSSR count). The van der Waals surface area contributed by atoms with E-state index < -0.39 is 11.6 Å². The standard InChI is InChI=1S/C22H24FN3O4/c1-14-12-25(13-15(2)29-14)18-8-7-16(11-17(18)23)24-21(27)9-10-26-19-5-3-4-6-20(19)30-22(26)28/h3-8,11,14-15H,9-10,12-13H2,1-2H3,(H,24,27)/t14-,15-/m1/s1. The summed E-state index contributed by atoms with van der Waals surface area (Å²) in [7, 11) is 0. The number of halogens is 1. The van der Waals surface area contributed by atoms with E-state index in [1.54, 1.807) is 36.4 Å². The first kappa shape index (κ1) is 20.2. The van der Waals surface area contributed by atoms with Crippen molar-refractivity contribution in [2.75, 3.05) is 23.3 Å². The highest BCUT2D eigenvalue weighted by atomic mass is 19.1. The second kappa shape index (κ2) is 8.31. The molecule has 7 nitrogen and oxygen atoms in total. The van der Waals surface area contributed by atoms with E-state index in [9.17, 15) is 14.0 Å². The van der Waals surface area contributed by atoms with Crippen LogP contribution in [0.3, 0.4) is 0 Å². The molecule has 0 radical (unpaired) electrons. The number of benzene rings is 2. The van der Waals surface area contributed by atoms with Crippen LogP contribution in [0.5, 0.6) is 0 Å². The van der Waals surface area contributed by atoms with Gasteiger partial charge in [-0.05, 0) is 44.2 Å². The SMILES string of the molecule is C[C@@H]1CN(c2ccc(NC(=O)CCn3c(=O)oc4ccccc43)cc2F)C[C@@H](C)O1. The van der Waals surface area contributed by atoms with Gasteiger partial charge >= 0.3 is 5.76 Å². The van der Waals surface area contributed by atoms with E-state index in [-0.39, 0.29) is 31.1 Å². The van der Waals surface area contributed by atoms with E-state index >= 15 is 0 Å². The number of morpholine rings is 1. The normalized spacial score (nSPS) is 19.2. The molecule has 2 atom stereocenters. The summed E-state index contributed by atoms with van der Waals surface area (Å²) >= 11 is 0. The minimum Gasteiger partial charge on any atom is -0.408 e. The molecule has 30 heavy (non-hydrogen) atoms. The van der Waals surface area contributed by atoms with Crippen LogP contribution in [-0.4, -0.2) is 35.8 Å². The average molecular weight is 413 g/mol. The van der Waals surface area contributed by atoms with Crippen molar-refractivity contribution in [2.45, 2.75) is 39.0 Å². The minimum atomic E-state index is -0.506. The topological polar surface area (TPSA) is 76.7 Å². The number of nitrogens with zero attached hydrogens (tertiary/aromatic N) is 2. The van der Waals surface area contributed by atoms with E-state index in [1.807, 2.05) is 18.7 Å². The molecule has 0 spiro atoms. The molecular weight excluding hydrogens is 389 g/mol. The molecular formula is C22H24FN3O4. The summed E-state index contributed by atoms with van der Waals surface area (Å²) in [5, 5.41) is 2.69. The van der Waals surface area contributed by atoms with Gasteiger partial charge in [-0.15, -0.1) is 0 Å². The zero-order valence-electron chi connectivity index (χ0n) is 16.9. The lowest BCUT2D eigenvalue weighted by Crippen LogP contribution is -2.45. The molecule has 1 amide bonds. The van der Waals surface area contributed by atoms with Crippen LogP contribution in [0.1, 0.15) is 20.3 Å². The summed E-state index contributed by atoms with van der Waals surface area (Å²) in [5.74, 6) is -1.22. The van der Waals surface area contributed by atoms with E-state index in [0.29, 0.717) is 35.6 Å². The predicted molar refractivity (Wildman–Crippen MR) is 112 cm³/mol. The van der Waals surface area contributed by atoms with Gasteiger partial charge in [-0.25, -0.2) is 9.18 Å². The maximum absolute atomic E-state index is 14.7. The summed E-state index contributed by atoms with van der Waals surface area (Å²) < 4.78 is 27.0. The van der Waals surface area contributed by atoms with Crippen molar-refractivity contribution in [2.24, 2.45) is 0 Å². The van der Waals surface area contributed by atoms with E-state index in [1.165, 1.54) is 10.6 Å². The summed E-state index contributed by atoms with van der Waals surface area (Å²) in [6.45, 7) is 5.32. The van der Waals surface area contributed by atoms with Gasteiger partial charge < -0.3 is 19.4 Å². The van der Waals surface area contributed by atoms with E-state index in [4.69, 9.17) is 9.15 Å². The van der Waals surface area contributed by atoms with Crippen molar-refractivity contribution in [3.05, 3.63) is 58.8 Å². The molecule has 158 valence electrons. The Balaban J connectivity index is 1.40. The highest BCUT2D eigenvalue weighted by molar-refractivity contribution is 5.91. The summed E-state index contributed by atoms with van der Waals surface area (Å²) in [6, 6.07) is 11.7. The second-order valence-electron chi connectivity index (χ2n) is 7.61. The average Bonchev–Trinajstić information content (AvgIpc) is 3.00. The Hall–Kier alpha value is -3.13. The molecule has 0 aliphatic carbocycles. The van der Waals surface area contributed by atoms with Crippen molar-refractivity contribution in [1.82, 2.24) is 4.57 Å². The molecule has 3 aromatic rings. The number of aryl methyl sites for hydroxylation is 1. The third kappa shape index (κ3) is 4.23. The highest BCUT2D eigenvalue weighted by Gasteiger charge is 2.24. The quantitative estimate of drug-likeness (QED) is 0.694. The molecule has 0 unspecified atom stereocenters. The number of hydrogen-bond donors (Lipinski definition) is 1. The van der Waals surface area contributed by atoms with Gasteiger partial charge in [0.1, 0.15) is 5.82 Å². The van der Waals surface area contributed by atoms with Gasteiger partial charge in [0.2, 0.25) is 5.91 Å². The molecule has 1 aliphatic rings. The molecule has 1 fully saturated rings. The number of rotatable bonds is 5. The van der Waals surface area contributed by atoms with Gasteiger partial charge in [-0.1, -0.05) is 12.1 Å². The maximum Gasteiger partial charge on any atom is 0.419 e. The van der Waals surface area contributed by atoms with Crippen molar-refractivity contribution in [3.8, 4) is 0 Å². The monoisotopic (exact) mass is 413 g/mol. The third-order valence-corrected chi connectivity index (χ3v) is 5.13. The summed E-state index contributed by atoms with van der Waals surface area (Å²) in [6.07, 6.45) is 0.107. The Morgan fingerprint density at radius 1 is 1.17 bits per heavy atom. The summed E-state index contributed by atoms with van der Waals surface area (Å²) in [5.41, 5.74) is 1.98. The molecule has 0 saturated carbocycles. The fourth-order valence-electron chi connectivity index (χ4n) is 3.88. The van der Waals surface area contributed by atoms with Crippen LogP contribution < -0.4 is 16.0 Å². The second-order valence-corrected chi connectivity index (χ2v) is 7.61. The number of aromatic nitrogens is 1. The van der Waals surface area contributed by atoms with E-state index in [0.717, 1.165) is 0 Å². The lowest BCUT2D eigenvalue weighted by molar-refractivity contribution is -0.116. The number of carbonyl (C=O) groups excluding carboxylic acids is 1. The van der Waals surface area contributed by atoms with Gasteiger partial charge in [-0.2, -0.15) is 0 Å². The predicted octanol–water partition coefficient (Wildman–Crippen LogP) is 3.38. The van der Waals surface area contributed by atoms with Crippen LogP contribution in [0, 0.1) is 5.82 Å². The molecule has 2 aromatic carbocycles. The number of anilines is 2. The summed E-state index contributed by atoms with van der Waals surface area (Å²) in [4.78, 5) is 26.3. The van der Waals surface area contributed by atoms with Crippen LogP contribution in [0.25, 0.3) is 11.1 Å². The van der Waals surface area contributed by atoms with Gasteiger partial charge in [-0.3, -0.25) is 9.36 Å². The van der Waals surface area contributed by atoms with Crippen LogP contribution in [-0.2, 0) is 16.1 Å². The Labute approximate surface area is 173 Å². The number of carbonyl (C=O) groups is 1. The third-order valence-electron chi connectivity index (χ3n) is 5.13. The molecule has 1 saturated heterocycles. The Morgan fingerprint density at radius 2 is 1.90 bits per heavy atom. The number of oxazole rings is 1.